The van der Waals surface area contributed by atoms with Crippen molar-refractivity contribution in [1.29, 1.82) is 0 Å². The molecule has 1 aliphatic carbocycles. The molecule has 2 unspecified atom stereocenters. The van der Waals surface area contributed by atoms with Crippen LogP contribution in [0.5, 0.6) is 0 Å². The van der Waals surface area contributed by atoms with Crippen molar-refractivity contribution in [1.82, 2.24) is 5.32 Å². The van der Waals surface area contributed by atoms with Gasteiger partial charge in [-0.25, -0.2) is 4.39 Å². The van der Waals surface area contributed by atoms with Crippen molar-refractivity contribution < 1.29 is 4.39 Å². The van der Waals surface area contributed by atoms with E-state index in [1.54, 1.807) is 0 Å². The summed E-state index contributed by atoms with van der Waals surface area (Å²) in [6.45, 7) is 2.15. The van der Waals surface area contributed by atoms with Gasteiger partial charge in [-0.1, -0.05) is 42.8 Å². The van der Waals surface area contributed by atoms with E-state index in [9.17, 15) is 4.39 Å². The zero-order chi connectivity index (χ0) is 14.7. The number of fused-ring (bicyclic) bond motifs is 1. The normalized spacial score (nSPS) is 19.6. The lowest BCUT2D eigenvalue weighted by atomic mass is 9.97. The SMILES string of the molecule is CC(NC1CCCCc2ccccc21)c1ccc(F)cc1. The summed E-state index contributed by atoms with van der Waals surface area (Å²) in [5.41, 5.74) is 4.04. The van der Waals surface area contributed by atoms with Crippen LogP contribution in [-0.4, -0.2) is 0 Å². The van der Waals surface area contributed by atoms with Gasteiger partial charge in [0.15, 0.2) is 0 Å². The van der Waals surface area contributed by atoms with Crippen LogP contribution in [0.4, 0.5) is 4.39 Å². The Kier molecular flexibility index (Phi) is 4.35. The molecule has 3 rings (SSSR count). The van der Waals surface area contributed by atoms with Crippen molar-refractivity contribution in [2.24, 2.45) is 0 Å². The lowest BCUT2D eigenvalue weighted by Gasteiger charge is -2.24. The molecule has 0 fully saturated rings. The van der Waals surface area contributed by atoms with Crippen LogP contribution in [0.15, 0.2) is 48.5 Å². The highest BCUT2D eigenvalue weighted by molar-refractivity contribution is 5.31. The predicted molar refractivity (Wildman–Crippen MR) is 84.7 cm³/mol. The molecule has 0 saturated heterocycles. The standard InChI is InChI=1S/C19H22FN/c1-14(15-10-12-17(20)13-11-15)21-19-9-5-3-7-16-6-2-4-8-18(16)19/h2,4,6,8,10-14,19,21H,3,5,7,9H2,1H3. The van der Waals surface area contributed by atoms with Crippen molar-refractivity contribution in [2.45, 2.75) is 44.7 Å². The number of aryl methyl sites for hydroxylation is 1. The highest BCUT2D eigenvalue weighted by atomic mass is 19.1. The number of benzene rings is 2. The summed E-state index contributed by atoms with van der Waals surface area (Å²) in [6.07, 6.45) is 4.87. The highest BCUT2D eigenvalue weighted by Gasteiger charge is 2.20. The van der Waals surface area contributed by atoms with Crippen LogP contribution in [0.2, 0.25) is 0 Å². The van der Waals surface area contributed by atoms with E-state index < -0.39 is 0 Å². The zero-order valence-electron chi connectivity index (χ0n) is 12.5. The predicted octanol–water partition coefficient (Wildman–Crippen LogP) is 4.94. The molecule has 2 heteroatoms. The fourth-order valence-corrected chi connectivity index (χ4v) is 3.24. The molecule has 21 heavy (non-hydrogen) atoms. The molecule has 0 aliphatic heterocycles. The van der Waals surface area contributed by atoms with Gasteiger partial charge in [0.1, 0.15) is 5.82 Å². The molecule has 1 N–H and O–H groups in total. The van der Waals surface area contributed by atoms with Crippen LogP contribution in [-0.2, 0) is 6.42 Å². The number of hydrogen-bond acceptors (Lipinski definition) is 1. The fourth-order valence-electron chi connectivity index (χ4n) is 3.24. The van der Waals surface area contributed by atoms with Gasteiger partial charge in [-0.05, 0) is 55.0 Å². The molecule has 0 amide bonds. The third-order valence-corrected chi connectivity index (χ3v) is 4.44. The van der Waals surface area contributed by atoms with E-state index in [0.717, 1.165) is 5.56 Å². The average molecular weight is 283 g/mol. The smallest absolute Gasteiger partial charge is 0.123 e. The van der Waals surface area contributed by atoms with Crippen molar-refractivity contribution in [3.05, 3.63) is 71.0 Å². The quantitative estimate of drug-likeness (QED) is 0.786. The van der Waals surface area contributed by atoms with Gasteiger partial charge in [0, 0.05) is 12.1 Å². The maximum Gasteiger partial charge on any atom is 0.123 e. The summed E-state index contributed by atoms with van der Waals surface area (Å²) in [6, 6.07) is 16.2. The molecule has 0 heterocycles. The Morgan fingerprint density at radius 1 is 1.05 bits per heavy atom. The fraction of sp³-hybridized carbons (Fsp3) is 0.368. The van der Waals surface area contributed by atoms with E-state index in [0.29, 0.717) is 6.04 Å². The molecule has 110 valence electrons. The molecule has 0 spiro atoms. The van der Waals surface area contributed by atoms with E-state index in [-0.39, 0.29) is 11.9 Å². The zero-order valence-corrected chi connectivity index (χ0v) is 12.5. The monoisotopic (exact) mass is 283 g/mol. The summed E-state index contributed by atoms with van der Waals surface area (Å²) in [7, 11) is 0. The maximum absolute atomic E-state index is 13.0. The van der Waals surface area contributed by atoms with Crippen LogP contribution in [0, 0.1) is 5.82 Å². The van der Waals surface area contributed by atoms with Gasteiger partial charge in [0.05, 0.1) is 0 Å². The van der Waals surface area contributed by atoms with Gasteiger partial charge in [-0.3, -0.25) is 0 Å². The third-order valence-electron chi connectivity index (χ3n) is 4.44. The lowest BCUT2D eigenvalue weighted by Crippen LogP contribution is -2.25. The summed E-state index contributed by atoms with van der Waals surface area (Å²) in [4.78, 5) is 0. The summed E-state index contributed by atoms with van der Waals surface area (Å²) >= 11 is 0. The highest BCUT2D eigenvalue weighted by Crippen LogP contribution is 2.30. The van der Waals surface area contributed by atoms with Gasteiger partial charge < -0.3 is 5.32 Å². The topological polar surface area (TPSA) is 12.0 Å². The van der Waals surface area contributed by atoms with Gasteiger partial charge in [0.25, 0.3) is 0 Å². The van der Waals surface area contributed by atoms with Gasteiger partial charge >= 0.3 is 0 Å². The Bertz CT molecular complexity index is 591. The molecule has 1 nitrogen and oxygen atoms in total. The Hall–Kier alpha value is -1.67. The molecule has 0 bridgehead atoms. The first kappa shape index (κ1) is 14.3. The molecular weight excluding hydrogens is 261 g/mol. The molecule has 0 aromatic heterocycles. The first-order chi connectivity index (χ1) is 10.2. The Balaban J connectivity index is 1.79. The van der Waals surface area contributed by atoms with E-state index in [4.69, 9.17) is 0 Å². The minimum atomic E-state index is -0.175. The van der Waals surface area contributed by atoms with Crippen LogP contribution in [0.25, 0.3) is 0 Å². The number of rotatable bonds is 3. The molecule has 0 saturated carbocycles. The van der Waals surface area contributed by atoms with Gasteiger partial charge in [-0.15, -0.1) is 0 Å². The minimum Gasteiger partial charge on any atom is -0.303 e. The molecule has 0 radical (unpaired) electrons. The second-order valence-electron chi connectivity index (χ2n) is 5.94. The summed E-state index contributed by atoms with van der Waals surface area (Å²) < 4.78 is 13.0. The first-order valence-electron chi connectivity index (χ1n) is 7.83. The van der Waals surface area contributed by atoms with Crippen molar-refractivity contribution in [3.63, 3.8) is 0 Å². The summed E-state index contributed by atoms with van der Waals surface area (Å²) in [5, 5.41) is 3.73. The number of hydrogen-bond donors (Lipinski definition) is 1. The van der Waals surface area contributed by atoms with E-state index in [1.165, 1.54) is 48.9 Å². The molecule has 2 aromatic rings. The van der Waals surface area contributed by atoms with Crippen molar-refractivity contribution in [2.75, 3.05) is 0 Å². The second-order valence-corrected chi connectivity index (χ2v) is 5.94. The molecule has 1 aliphatic rings. The van der Waals surface area contributed by atoms with Crippen LogP contribution in [0.3, 0.4) is 0 Å². The van der Waals surface area contributed by atoms with Crippen LogP contribution >= 0.6 is 0 Å². The van der Waals surface area contributed by atoms with Crippen LogP contribution < -0.4 is 5.32 Å². The Morgan fingerprint density at radius 3 is 2.62 bits per heavy atom. The molecule has 2 aromatic carbocycles. The number of halogens is 1. The minimum absolute atomic E-state index is 0.175. The van der Waals surface area contributed by atoms with E-state index in [2.05, 4.69) is 36.5 Å². The maximum atomic E-state index is 13.0. The average Bonchev–Trinajstić information content (AvgIpc) is 2.71. The Labute approximate surface area is 126 Å². The number of nitrogens with one attached hydrogen (secondary N) is 1. The van der Waals surface area contributed by atoms with E-state index in [1.807, 2.05) is 12.1 Å². The largest absolute Gasteiger partial charge is 0.303 e. The second kappa shape index (κ2) is 6.40. The van der Waals surface area contributed by atoms with Crippen molar-refractivity contribution in [3.8, 4) is 0 Å². The first-order valence-corrected chi connectivity index (χ1v) is 7.83. The van der Waals surface area contributed by atoms with Crippen molar-refractivity contribution >= 4 is 0 Å². The molecule has 2 atom stereocenters. The molecular formula is C19H22FN. The lowest BCUT2D eigenvalue weighted by molar-refractivity contribution is 0.437. The van der Waals surface area contributed by atoms with Gasteiger partial charge in [-0.2, -0.15) is 0 Å². The van der Waals surface area contributed by atoms with Crippen LogP contribution in [0.1, 0.15) is 55.0 Å². The Morgan fingerprint density at radius 2 is 1.81 bits per heavy atom. The van der Waals surface area contributed by atoms with E-state index >= 15 is 0 Å². The third kappa shape index (κ3) is 3.33. The summed E-state index contributed by atoms with van der Waals surface area (Å²) in [5.74, 6) is -0.175. The van der Waals surface area contributed by atoms with Gasteiger partial charge in [0.2, 0.25) is 0 Å².